The lowest BCUT2D eigenvalue weighted by molar-refractivity contribution is -0.924. The second-order valence-electron chi connectivity index (χ2n) is 12.5. The van der Waals surface area contributed by atoms with Crippen molar-refractivity contribution in [2.24, 2.45) is 5.92 Å². The van der Waals surface area contributed by atoms with Crippen LogP contribution in [0.15, 0.2) is 64.8 Å². The predicted molar refractivity (Wildman–Crippen MR) is 188 cm³/mol. The number of quaternary nitrogens is 1. The molecule has 2 heterocycles. The van der Waals surface area contributed by atoms with Crippen LogP contribution in [-0.2, 0) is 9.53 Å². The van der Waals surface area contributed by atoms with Crippen LogP contribution in [0.2, 0.25) is 0 Å². The summed E-state index contributed by atoms with van der Waals surface area (Å²) in [7, 11) is 2.20. The van der Waals surface area contributed by atoms with Gasteiger partial charge in [-0.3, -0.25) is 14.1 Å². The number of nitrogens with zero attached hydrogens (tertiary/aromatic N) is 1. The van der Waals surface area contributed by atoms with Crippen LogP contribution in [0.25, 0.3) is 21.0 Å². The Hall–Kier alpha value is -3.36. The van der Waals surface area contributed by atoms with E-state index in [0.29, 0.717) is 17.8 Å². The number of unbranched alkanes of at least 4 members (excludes halogenated alkanes) is 5. The molecule has 0 aliphatic carbocycles. The molecule has 0 bridgehead atoms. The summed E-state index contributed by atoms with van der Waals surface area (Å²) in [6.07, 6.45) is 10.5. The number of H-pyrrole nitrogens is 1. The molecule has 8 heteroatoms. The van der Waals surface area contributed by atoms with E-state index in [1.807, 2.05) is 24.3 Å². The number of hydrogen-bond donors (Lipinski definition) is 2. The van der Waals surface area contributed by atoms with Gasteiger partial charge in [-0.25, -0.2) is 0 Å². The summed E-state index contributed by atoms with van der Waals surface area (Å²) in [6.45, 7) is 7.86. The zero-order valence-corrected chi connectivity index (χ0v) is 28.3. The maximum absolute atomic E-state index is 13.3. The molecule has 7 nitrogen and oxygen atoms in total. The van der Waals surface area contributed by atoms with Gasteiger partial charge >= 0.3 is 5.97 Å². The van der Waals surface area contributed by atoms with E-state index in [1.54, 1.807) is 11.3 Å². The smallest absolute Gasteiger partial charge is 0.313 e. The van der Waals surface area contributed by atoms with Gasteiger partial charge in [-0.15, -0.1) is 11.3 Å². The van der Waals surface area contributed by atoms with Crippen LogP contribution in [0.3, 0.4) is 0 Å². The van der Waals surface area contributed by atoms with Crippen LogP contribution >= 0.6 is 11.3 Å². The number of carbonyl (C=O) groups is 1. The fraction of sp³-hybridized carbons (Fsp3) is 0.514. The Labute approximate surface area is 272 Å². The van der Waals surface area contributed by atoms with Gasteiger partial charge in [-0.1, -0.05) is 58.4 Å². The van der Waals surface area contributed by atoms with Crippen molar-refractivity contribution in [3.05, 3.63) is 70.3 Å². The molecule has 2 N–H and O–H groups in total. The molecule has 1 atom stereocenters. The van der Waals surface area contributed by atoms with Gasteiger partial charge < -0.3 is 19.8 Å². The molecule has 0 saturated heterocycles. The van der Waals surface area contributed by atoms with E-state index >= 15 is 0 Å². The van der Waals surface area contributed by atoms with Gasteiger partial charge in [0.25, 0.3) is 0 Å². The number of benzene rings is 2. The first-order valence-electron chi connectivity index (χ1n) is 16.9. The summed E-state index contributed by atoms with van der Waals surface area (Å²) < 4.78 is 14.1. The van der Waals surface area contributed by atoms with Crippen LogP contribution < -0.4 is 15.6 Å². The average Bonchev–Trinajstić information content (AvgIpc) is 3.53. The number of nitrogens with one attached hydrogen (secondary N) is 2. The number of likely N-dealkylation sites (N-methyl/N-ethyl adjacent to an activating group) is 1. The van der Waals surface area contributed by atoms with Gasteiger partial charge in [0.05, 0.1) is 44.7 Å². The van der Waals surface area contributed by atoms with Crippen molar-refractivity contribution in [2.75, 3.05) is 45.3 Å². The Kier molecular flexibility index (Phi) is 13.8. The first kappa shape index (κ1) is 34.5. The Morgan fingerprint density at radius 1 is 0.933 bits per heavy atom. The number of aromatic amines is 1. The van der Waals surface area contributed by atoms with Crippen LogP contribution in [0.1, 0.15) is 78.1 Å². The average molecular weight is 635 g/mol. The minimum Gasteiger partial charge on any atom is -0.494 e. The fourth-order valence-corrected chi connectivity index (χ4v) is 6.67. The summed E-state index contributed by atoms with van der Waals surface area (Å²) >= 11 is 1.75. The third-order valence-corrected chi connectivity index (χ3v) is 9.57. The highest BCUT2D eigenvalue weighted by Crippen LogP contribution is 2.28. The molecule has 4 rings (SSSR count). The quantitative estimate of drug-likeness (QED) is 0.0415. The lowest BCUT2D eigenvalue weighted by Gasteiger charge is -2.34. The lowest BCUT2D eigenvalue weighted by Crippen LogP contribution is -2.50. The molecule has 45 heavy (non-hydrogen) atoms. The topological polar surface area (TPSA) is 80.4 Å². The fourth-order valence-electron chi connectivity index (χ4n) is 5.85. The van der Waals surface area contributed by atoms with Crippen LogP contribution in [0.4, 0.5) is 5.69 Å². The molecule has 0 aliphatic rings. The highest BCUT2D eigenvalue weighted by Gasteiger charge is 2.26. The summed E-state index contributed by atoms with van der Waals surface area (Å²) in [6, 6.07) is 17.7. The molecule has 2 aromatic carbocycles. The molecule has 2 aromatic heterocycles. The normalized spacial score (nSPS) is 12.9. The predicted octanol–water partition coefficient (Wildman–Crippen LogP) is 8.74. The van der Waals surface area contributed by atoms with Crippen molar-refractivity contribution in [1.82, 2.24) is 4.98 Å². The Morgan fingerprint density at radius 3 is 2.49 bits per heavy atom. The molecule has 0 amide bonds. The van der Waals surface area contributed by atoms with E-state index in [1.165, 1.54) is 16.2 Å². The number of anilines is 1. The molecule has 0 radical (unpaired) electrons. The molecular weight excluding hydrogens is 582 g/mol. The van der Waals surface area contributed by atoms with Crippen molar-refractivity contribution in [1.29, 1.82) is 0 Å². The second-order valence-corrected chi connectivity index (χ2v) is 13.5. The van der Waals surface area contributed by atoms with Crippen LogP contribution in [0, 0.1) is 5.92 Å². The SMILES string of the molecule is CCCCCC(CCCCC)C(=O)OC[N+](C)(CCCCOc1ccc2ccc(=O)[nH]c2c1)CCNc1cccc2sccc12. The van der Waals surface area contributed by atoms with Crippen LogP contribution in [0.5, 0.6) is 5.75 Å². The number of rotatable bonds is 21. The van der Waals surface area contributed by atoms with Gasteiger partial charge in [0.1, 0.15) is 5.75 Å². The minimum absolute atomic E-state index is 0.00356. The van der Waals surface area contributed by atoms with E-state index in [-0.39, 0.29) is 17.4 Å². The third-order valence-electron chi connectivity index (χ3n) is 8.68. The molecule has 0 fully saturated rings. The molecule has 4 aromatic rings. The number of esters is 1. The van der Waals surface area contributed by atoms with Gasteiger partial charge in [-0.05, 0) is 72.8 Å². The maximum Gasteiger partial charge on any atom is 0.313 e. The Bertz CT molecular complexity index is 1520. The summed E-state index contributed by atoms with van der Waals surface area (Å²) in [5.41, 5.74) is 1.81. The van der Waals surface area contributed by atoms with Crippen molar-refractivity contribution in [3.8, 4) is 5.75 Å². The van der Waals surface area contributed by atoms with Gasteiger partial charge in [-0.2, -0.15) is 0 Å². The first-order valence-corrected chi connectivity index (χ1v) is 17.7. The summed E-state index contributed by atoms with van der Waals surface area (Å²) in [5, 5.41) is 8.01. The van der Waals surface area contributed by atoms with Gasteiger partial charge in [0.2, 0.25) is 12.3 Å². The Morgan fingerprint density at radius 2 is 1.71 bits per heavy atom. The van der Waals surface area contributed by atoms with E-state index in [4.69, 9.17) is 9.47 Å². The van der Waals surface area contributed by atoms with Crippen molar-refractivity contribution in [2.45, 2.75) is 78.1 Å². The number of ether oxygens (including phenoxy) is 2. The molecule has 0 saturated carbocycles. The number of hydrogen-bond acceptors (Lipinski definition) is 6. The monoisotopic (exact) mass is 634 g/mol. The minimum atomic E-state index is -0.118. The largest absolute Gasteiger partial charge is 0.494 e. The lowest BCUT2D eigenvalue weighted by atomic mass is 9.95. The number of carbonyl (C=O) groups excluding carboxylic acids is 1. The van der Waals surface area contributed by atoms with Crippen molar-refractivity contribution < 1.29 is 18.8 Å². The molecule has 1 unspecified atom stereocenters. The number of pyridine rings is 1. The van der Waals surface area contributed by atoms with Gasteiger partial charge in [0, 0.05) is 27.9 Å². The van der Waals surface area contributed by atoms with Crippen LogP contribution in [-0.4, -0.2) is 55.5 Å². The molecule has 244 valence electrons. The Balaban J connectivity index is 1.33. The highest BCUT2D eigenvalue weighted by molar-refractivity contribution is 7.17. The van der Waals surface area contributed by atoms with Crippen molar-refractivity contribution in [3.63, 3.8) is 0 Å². The standard InChI is InChI=1S/C37H51N3O4S/c1-4-6-8-13-30(14-9-7-5-2)37(42)44-28-40(3,24-22-38-33-15-12-16-35-32(33)21-26-45-35)23-10-11-25-43-31-19-17-29-18-20-36(41)39-34(29)27-31/h12,15-21,26-27,30,38H,4-11,13-14,22-25,28H2,1-3H3/p+1. The zero-order chi connectivity index (χ0) is 31.9. The number of fused-ring (bicyclic) bond motifs is 2. The first-order chi connectivity index (χ1) is 21.9. The second kappa shape index (κ2) is 18.0. The summed E-state index contributed by atoms with van der Waals surface area (Å²) in [4.78, 5) is 27.9. The van der Waals surface area contributed by atoms with Gasteiger partial charge in [0.15, 0.2) is 0 Å². The number of thiophene rings is 1. The van der Waals surface area contributed by atoms with E-state index in [2.05, 4.69) is 60.8 Å². The maximum atomic E-state index is 13.3. The molecule has 0 spiro atoms. The van der Waals surface area contributed by atoms with Crippen molar-refractivity contribution >= 4 is 44.0 Å². The molecule has 0 aliphatic heterocycles. The highest BCUT2D eigenvalue weighted by atomic mass is 32.1. The molecular formula is C37H52N3O4S+. The van der Waals surface area contributed by atoms with E-state index in [9.17, 15) is 9.59 Å². The van der Waals surface area contributed by atoms with E-state index < -0.39 is 0 Å². The zero-order valence-electron chi connectivity index (χ0n) is 27.4. The third kappa shape index (κ3) is 10.9. The number of aromatic nitrogens is 1. The summed E-state index contributed by atoms with van der Waals surface area (Å²) in [5.74, 6) is 0.718. The van der Waals surface area contributed by atoms with E-state index in [0.717, 1.165) is 106 Å².